The zero-order chi connectivity index (χ0) is 18.2. The lowest BCUT2D eigenvalue weighted by Crippen LogP contribution is -1.83. The number of aromatic nitrogens is 6. The Labute approximate surface area is 153 Å². The third-order valence-corrected chi connectivity index (χ3v) is 4.40. The summed E-state index contributed by atoms with van der Waals surface area (Å²) in [6, 6.07) is 20.2. The first-order chi connectivity index (χ1) is 13.3. The number of tetrazole rings is 1. The van der Waals surface area contributed by atoms with Gasteiger partial charge in [0, 0.05) is 11.1 Å². The Morgan fingerprint density at radius 3 is 2.41 bits per heavy atom. The van der Waals surface area contributed by atoms with E-state index in [2.05, 4.69) is 30.6 Å². The number of hydrogen-bond acceptors (Lipinski definition) is 4. The fraction of sp³-hybridized carbons (Fsp3) is 0. The molecule has 0 unspecified atom stereocenters. The van der Waals surface area contributed by atoms with Crippen LogP contribution in [-0.4, -0.2) is 30.6 Å². The van der Waals surface area contributed by atoms with Crippen LogP contribution >= 0.6 is 0 Å². The highest BCUT2D eigenvalue weighted by Crippen LogP contribution is 2.27. The van der Waals surface area contributed by atoms with Crippen LogP contribution in [0.2, 0.25) is 0 Å². The SMILES string of the molecule is Fc1ccc(-c2cccc(-c3nc4ccc(-c5nn[nH]n5)cc4[nH]3)c2)cc1. The van der Waals surface area contributed by atoms with E-state index in [9.17, 15) is 4.39 Å². The van der Waals surface area contributed by atoms with Crippen LogP contribution in [0.1, 0.15) is 0 Å². The summed E-state index contributed by atoms with van der Waals surface area (Å²) in [7, 11) is 0. The fourth-order valence-electron chi connectivity index (χ4n) is 3.06. The van der Waals surface area contributed by atoms with Crippen molar-refractivity contribution in [1.29, 1.82) is 0 Å². The highest BCUT2D eigenvalue weighted by Gasteiger charge is 2.10. The third kappa shape index (κ3) is 2.85. The molecule has 27 heavy (non-hydrogen) atoms. The van der Waals surface area contributed by atoms with Gasteiger partial charge in [-0.1, -0.05) is 30.3 Å². The summed E-state index contributed by atoms with van der Waals surface area (Å²) in [5, 5.41) is 14.0. The number of benzene rings is 3. The Morgan fingerprint density at radius 2 is 1.59 bits per heavy atom. The second kappa shape index (κ2) is 6.14. The monoisotopic (exact) mass is 356 g/mol. The second-order valence-electron chi connectivity index (χ2n) is 6.14. The number of imidazole rings is 1. The van der Waals surface area contributed by atoms with Crippen LogP contribution in [0.15, 0.2) is 66.7 Å². The third-order valence-electron chi connectivity index (χ3n) is 4.40. The number of fused-ring (bicyclic) bond motifs is 1. The minimum Gasteiger partial charge on any atom is -0.338 e. The molecule has 0 radical (unpaired) electrons. The minimum absolute atomic E-state index is 0.246. The molecule has 0 aliphatic carbocycles. The van der Waals surface area contributed by atoms with E-state index >= 15 is 0 Å². The van der Waals surface area contributed by atoms with Gasteiger partial charge in [0.05, 0.1) is 11.0 Å². The molecule has 0 aliphatic heterocycles. The van der Waals surface area contributed by atoms with E-state index in [-0.39, 0.29) is 5.82 Å². The normalized spacial score (nSPS) is 11.1. The van der Waals surface area contributed by atoms with Crippen molar-refractivity contribution in [2.45, 2.75) is 0 Å². The molecule has 0 aliphatic rings. The average Bonchev–Trinajstić information content (AvgIpc) is 3.38. The lowest BCUT2D eigenvalue weighted by molar-refractivity contribution is 0.628. The van der Waals surface area contributed by atoms with Crippen molar-refractivity contribution in [2.75, 3.05) is 0 Å². The molecule has 2 aromatic heterocycles. The molecule has 5 aromatic rings. The quantitative estimate of drug-likeness (QED) is 0.507. The van der Waals surface area contributed by atoms with Crippen LogP contribution in [-0.2, 0) is 0 Å². The van der Waals surface area contributed by atoms with Crippen LogP contribution in [0.5, 0.6) is 0 Å². The maximum Gasteiger partial charge on any atom is 0.204 e. The van der Waals surface area contributed by atoms with Crippen LogP contribution in [0.25, 0.3) is 44.9 Å². The average molecular weight is 356 g/mol. The van der Waals surface area contributed by atoms with Gasteiger partial charge in [-0.3, -0.25) is 0 Å². The molecule has 0 amide bonds. The van der Waals surface area contributed by atoms with Gasteiger partial charge >= 0.3 is 0 Å². The van der Waals surface area contributed by atoms with E-state index in [0.717, 1.165) is 39.1 Å². The summed E-state index contributed by atoms with van der Waals surface area (Å²) >= 11 is 0. The van der Waals surface area contributed by atoms with E-state index in [1.165, 1.54) is 12.1 Å². The molecule has 130 valence electrons. The fourth-order valence-corrected chi connectivity index (χ4v) is 3.06. The minimum atomic E-state index is -0.246. The Morgan fingerprint density at radius 1 is 0.778 bits per heavy atom. The predicted octanol–water partition coefficient (Wildman–Crippen LogP) is 4.22. The largest absolute Gasteiger partial charge is 0.338 e. The lowest BCUT2D eigenvalue weighted by Gasteiger charge is -2.04. The van der Waals surface area contributed by atoms with Crippen molar-refractivity contribution in [3.63, 3.8) is 0 Å². The molecule has 3 aromatic carbocycles. The van der Waals surface area contributed by atoms with Crippen LogP contribution in [0.3, 0.4) is 0 Å². The Kier molecular flexibility index (Phi) is 3.50. The molecule has 7 heteroatoms. The van der Waals surface area contributed by atoms with Crippen LogP contribution in [0, 0.1) is 5.82 Å². The Balaban J connectivity index is 1.55. The molecule has 0 fully saturated rings. The number of hydrogen-bond donors (Lipinski definition) is 2. The van der Waals surface area contributed by atoms with E-state index in [0.29, 0.717) is 5.82 Å². The summed E-state index contributed by atoms with van der Waals surface area (Å²) in [6.45, 7) is 0. The maximum absolute atomic E-state index is 13.2. The van der Waals surface area contributed by atoms with Crippen molar-refractivity contribution in [2.24, 2.45) is 0 Å². The van der Waals surface area contributed by atoms with Gasteiger partial charge in [0.1, 0.15) is 11.6 Å². The highest BCUT2D eigenvalue weighted by atomic mass is 19.1. The van der Waals surface area contributed by atoms with Gasteiger partial charge in [-0.15, -0.1) is 10.2 Å². The van der Waals surface area contributed by atoms with E-state index in [1.807, 2.05) is 42.5 Å². The van der Waals surface area contributed by atoms with Gasteiger partial charge in [0.25, 0.3) is 0 Å². The topological polar surface area (TPSA) is 83.1 Å². The van der Waals surface area contributed by atoms with Crippen molar-refractivity contribution < 1.29 is 4.39 Å². The van der Waals surface area contributed by atoms with E-state index < -0.39 is 0 Å². The summed E-state index contributed by atoms with van der Waals surface area (Å²) in [5.41, 5.74) is 5.50. The molecule has 0 atom stereocenters. The molecule has 2 N–H and O–H groups in total. The van der Waals surface area contributed by atoms with Gasteiger partial charge in [-0.2, -0.15) is 5.21 Å². The lowest BCUT2D eigenvalue weighted by atomic mass is 10.0. The Hall–Kier alpha value is -3.87. The van der Waals surface area contributed by atoms with Crippen molar-refractivity contribution in [1.82, 2.24) is 30.6 Å². The standard InChI is InChI=1S/C20H13FN6/c21-16-7-4-12(5-8-16)13-2-1-3-14(10-13)19-22-17-9-6-15(11-18(17)23-19)20-24-26-27-25-20/h1-11H,(H,22,23)(H,24,25,26,27). The van der Waals surface area contributed by atoms with Gasteiger partial charge in [0.15, 0.2) is 0 Å². The van der Waals surface area contributed by atoms with Crippen molar-refractivity contribution >= 4 is 11.0 Å². The smallest absolute Gasteiger partial charge is 0.204 e. The van der Waals surface area contributed by atoms with Crippen LogP contribution < -0.4 is 0 Å². The number of nitrogens with zero attached hydrogens (tertiary/aromatic N) is 4. The van der Waals surface area contributed by atoms with Gasteiger partial charge in [-0.05, 0) is 52.7 Å². The van der Waals surface area contributed by atoms with Crippen molar-refractivity contribution in [3.8, 4) is 33.9 Å². The molecule has 0 spiro atoms. The van der Waals surface area contributed by atoms with Crippen molar-refractivity contribution in [3.05, 3.63) is 72.5 Å². The first kappa shape index (κ1) is 15.4. The molecular formula is C20H13FN6. The highest BCUT2D eigenvalue weighted by molar-refractivity contribution is 5.84. The number of nitrogens with one attached hydrogen (secondary N) is 2. The zero-order valence-electron chi connectivity index (χ0n) is 14.0. The number of rotatable bonds is 3. The Bertz CT molecular complexity index is 1230. The summed E-state index contributed by atoms with van der Waals surface area (Å²) in [4.78, 5) is 8.02. The molecular weight excluding hydrogens is 343 g/mol. The number of aromatic amines is 2. The number of halogens is 1. The van der Waals surface area contributed by atoms with E-state index in [4.69, 9.17) is 0 Å². The van der Waals surface area contributed by atoms with Gasteiger partial charge < -0.3 is 4.98 Å². The van der Waals surface area contributed by atoms with Crippen LogP contribution in [0.4, 0.5) is 4.39 Å². The molecule has 0 saturated heterocycles. The number of H-pyrrole nitrogens is 2. The van der Waals surface area contributed by atoms with Gasteiger partial charge in [0.2, 0.25) is 5.82 Å². The first-order valence-corrected chi connectivity index (χ1v) is 8.36. The molecule has 5 rings (SSSR count). The second-order valence-corrected chi connectivity index (χ2v) is 6.14. The maximum atomic E-state index is 13.2. The summed E-state index contributed by atoms with van der Waals surface area (Å²) in [6.07, 6.45) is 0. The first-order valence-electron chi connectivity index (χ1n) is 8.36. The summed E-state index contributed by atoms with van der Waals surface area (Å²) < 4.78 is 13.2. The predicted molar refractivity (Wildman–Crippen MR) is 100 cm³/mol. The summed E-state index contributed by atoms with van der Waals surface area (Å²) in [5.74, 6) is 1.05. The molecule has 2 heterocycles. The molecule has 0 bridgehead atoms. The molecule has 6 nitrogen and oxygen atoms in total. The zero-order valence-corrected chi connectivity index (χ0v) is 14.0. The molecule has 0 saturated carbocycles. The van der Waals surface area contributed by atoms with Gasteiger partial charge in [-0.25, -0.2) is 9.37 Å². The van der Waals surface area contributed by atoms with E-state index in [1.54, 1.807) is 12.1 Å².